The lowest BCUT2D eigenvalue weighted by molar-refractivity contribution is 0.570. The average molecular weight is 287 g/mol. The molecule has 1 aromatic heterocycles. The summed E-state index contributed by atoms with van der Waals surface area (Å²) in [6, 6.07) is 23.7. The lowest BCUT2D eigenvalue weighted by Crippen LogP contribution is -2.09. The Morgan fingerprint density at radius 2 is 1.59 bits per heavy atom. The van der Waals surface area contributed by atoms with E-state index in [2.05, 4.69) is 66.7 Å². The predicted octanol–water partition coefficient (Wildman–Crippen LogP) is 5.29. The molecule has 1 heteroatoms. The summed E-state index contributed by atoms with van der Waals surface area (Å²) in [5.74, 6) is 0. The van der Waals surface area contributed by atoms with Gasteiger partial charge in [0.1, 0.15) is 0 Å². The summed E-state index contributed by atoms with van der Waals surface area (Å²) in [6.07, 6.45) is 6.28. The summed E-state index contributed by atoms with van der Waals surface area (Å²) < 4.78 is 0. The second-order valence-electron chi connectivity index (χ2n) is 6.51. The van der Waals surface area contributed by atoms with Crippen LogP contribution in [0.5, 0.6) is 0 Å². The van der Waals surface area contributed by atoms with Crippen LogP contribution in [0.3, 0.4) is 0 Å². The van der Waals surface area contributed by atoms with Crippen LogP contribution in [0.1, 0.15) is 36.9 Å². The van der Waals surface area contributed by atoms with Gasteiger partial charge in [0.15, 0.2) is 0 Å². The molecule has 0 spiro atoms. The number of aryl methyl sites for hydroxylation is 1. The minimum atomic E-state index is 0.360. The third kappa shape index (κ3) is 2.64. The average Bonchev–Trinajstić information content (AvgIpc) is 3.36. The second-order valence-corrected chi connectivity index (χ2v) is 6.51. The summed E-state index contributed by atoms with van der Waals surface area (Å²) in [5.41, 5.74) is 4.25. The highest BCUT2D eigenvalue weighted by molar-refractivity contribution is 5.78. The van der Waals surface area contributed by atoms with E-state index in [-0.39, 0.29) is 0 Å². The van der Waals surface area contributed by atoms with Crippen molar-refractivity contribution in [1.82, 2.24) is 4.98 Å². The molecule has 0 amide bonds. The zero-order valence-corrected chi connectivity index (χ0v) is 12.8. The Morgan fingerprint density at radius 1 is 0.818 bits per heavy atom. The molecule has 0 radical (unpaired) electrons. The van der Waals surface area contributed by atoms with Crippen molar-refractivity contribution in [3.8, 4) is 0 Å². The van der Waals surface area contributed by atoms with Crippen molar-refractivity contribution in [1.29, 1.82) is 0 Å². The number of benzene rings is 2. The van der Waals surface area contributed by atoms with Crippen molar-refractivity contribution in [2.75, 3.05) is 0 Å². The molecular weight excluding hydrogens is 266 g/mol. The Hall–Kier alpha value is -2.15. The molecule has 4 rings (SSSR count). The topological polar surface area (TPSA) is 12.9 Å². The van der Waals surface area contributed by atoms with Gasteiger partial charge in [0.05, 0.1) is 5.52 Å². The summed E-state index contributed by atoms with van der Waals surface area (Å²) in [6.45, 7) is 0. The van der Waals surface area contributed by atoms with Crippen molar-refractivity contribution in [3.63, 3.8) is 0 Å². The Labute approximate surface area is 132 Å². The summed E-state index contributed by atoms with van der Waals surface area (Å²) in [7, 11) is 0. The predicted molar refractivity (Wildman–Crippen MR) is 92.0 cm³/mol. The fraction of sp³-hybridized carbons (Fsp3) is 0.286. The molecule has 3 aromatic rings. The summed E-state index contributed by atoms with van der Waals surface area (Å²) in [5, 5.41) is 1.24. The number of hydrogen-bond acceptors (Lipinski definition) is 1. The van der Waals surface area contributed by atoms with E-state index < -0.39 is 0 Å². The number of rotatable bonds is 5. The zero-order valence-electron chi connectivity index (χ0n) is 12.8. The van der Waals surface area contributed by atoms with Gasteiger partial charge in [0.25, 0.3) is 0 Å². The van der Waals surface area contributed by atoms with E-state index in [0.29, 0.717) is 5.41 Å². The van der Waals surface area contributed by atoms with Gasteiger partial charge in [-0.15, -0.1) is 0 Å². The van der Waals surface area contributed by atoms with Gasteiger partial charge in [0, 0.05) is 16.5 Å². The molecule has 110 valence electrons. The molecule has 1 aliphatic rings. The monoisotopic (exact) mass is 287 g/mol. The van der Waals surface area contributed by atoms with Gasteiger partial charge in [-0.25, -0.2) is 0 Å². The normalized spacial score (nSPS) is 15.8. The molecule has 1 heterocycles. The molecule has 1 saturated carbocycles. The number of para-hydroxylation sites is 1. The van der Waals surface area contributed by atoms with E-state index in [1.54, 1.807) is 0 Å². The van der Waals surface area contributed by atoms with Crippen molar-refractivity contribution < 1.29 is 0 Å². The van der Waals surface area contributed by atoms with Crippen LogP contribution in [0.25, 0.3) is 10.9 Å². The number of aromatic nitrogens is 1. The molecule has 0 bridgehead atoms. The van der Waals surface area contributed by atoms with Gasteiger partial charge in [-0.2, -0.15) is 0 Å². The van der Waals surface area contributed by atoms with E-state index >= 15 is 0 Å². The first-order valence-electron chi connectivity index (χ1n) is 8.26. The number of fused-ring (bicyclic) bond motifs is 1. The maximum absolute atomic E-state index is 4.94. The van der Waals surface area contributed by atoms with Crippen LogP contribution in [-0.2, 0) is 11.8 Å². The molecule has 0 aliphatic heterocycles. The van der Waals surface area contributed by atoms with Crippen LogP contribution in [0, 0.1) is 0 Å². The molecule has 0 atom stereocenters. The van der Waals surface area contributed by atoms with Crippen LogP contribution in [0.4, 0.5) is 0 Å². The Balaban J connectivity index is 1.48. The van der Waals surface area contributed by atoms with Crippen LogP contribution in [0.2, 0.25) is 0 Å². The first-order chi connectivity index (χ1) is 10.9. The smallest absolute Gasteiger partial charge is 0.0705 e. The molecule has 2 aromatic carbocycles. The van der Waals surface area contributed by atoms with E-state index in [9.17, 15) is 0 Å². The Kier molecular flexibility index (Phi) is 3.42. The van der Waals surface area contributed by atoms with E-state index in [1.807, 2.05) is 0 Å². The van der Waals surface area contributed by atoms with Crippen LogP contribution >= 0.6 is 0 Å². The lowest BCUT2D eigenvalue weighted by Gasteiger charge is -2.15. The van der Waals surface area contributed by atoms with Crippen LogP contribution < -0.4 is 0 Å². The van der Waals surface area contributed by atoms with E-state index in [0.717, 1.165) is 5.52 Å². The maximum Gasteiger partial charge on any atom is 0.0705 e. The second kappa shape index (κ2) is 5.57. The summed E-state index contributed by atoms with van der Waals surface area (Å²) >= 11 is 0. The molecule has 1 aliphatic carbocycles. The van der Waals surface area contributed by atoms with Crippen molar-refractivity contribution in [2.45, 2.75) is 37.5 Å². The van der Waals surface area contributed by atoms with Crippen molar-refractivity contribution in [3.05, 3.63) is 78.0 Å². The third-order valence-corrected chi connectivity index (χ3v) is 4.96. The third-order valence-electron chi connectivity index (χ3n) is 4.96. The van der Waals surface area contributed by atoms with Gasteiger partial charge in [0.2, 0.25) is 0 Å². The van der Waals surface area contributed by atoms with Gasteiger partial charge in [-0.05, 0) is 49.8 Å². The quantitative estimate of drug-likeness (QED) is 0.621. The fourth-order valence-corrected chi connectivity index (χ4v) is 3.42. The first kappa shape index (κ1) is 13.5. The van der Waals surface area contributed by atoms with Crippen LogP contribution in [-0.4, -0.2) is 4.98 Å². The van der Waals surface area contributed by atoms with E-state index in [4.69, 9.17) is 4.98 Å². The standard InChI is InChI=1S/C21H21N/c1-2-7-17(8-3-1)9-6-14-21(15-16-21)20-13-12-18-10-4-5-11-19(18)22-20/h1-5,7-8,10-13H,6,9,14-16H2. The van der Waals surface area contributed by atoms with Crippen LogP contribution in [0.15, 0.2) is 66.7 Å². The first-order valence-corrected chi connectivity index (χ1v) is 8.26. The highest BCUT2D eigenvalue weighted by Crippen LogP contribution is 2.51. The Bertz CT molecular complexity index is 772. The van der Waals surface area contributed by atoms with Gasteiger partial charge >= 0.3 is 0 Å². The highest BCUT2D eigenvalue weighted by Gasteiger charge is 2.44. The van der Waals surface area contributed by atoms with Gasteiger partial charge in [-0.1, -0.05) is 54.6 Å². The fourth-order valence-electron chi connectivity index (χ4n) is 3.42. The largest absolute Gasteiger partial charge is 0.252 e. The minimum absolute atomic E-state index is 0.360. The highest BCUT2D eigenvalue weighted by atomic mass is 14.8. The Morgan fingerprint density at radius 3 is 2.41 bits per heavy atom. The van der Waals surface area contributed by atoms with Gasteiger partial charge < -0.3 is 0 Å². The van der Waals surface area contributed by atoms with Crippen molar-refractivity contribution >= 4 is 10.9 Å². The van der Waals surface area contributed by atoms with Gasteiger partial charge in [-0.3, -0.25) is 4.98 Å². The maximum atomic E-state index is 4.94. The minimum Gasteiger partial charge on any atom is -0.252 e. The number of pyridine rings is 1. The molecule has 0 unspecified atom stereocenters. The van der Waals surface area contributed by atoms with E-state index in [1.165, 1.54) is 48.7 Å². The molecule has 22 heavy (non-hydrogen) atoms. The zero-order chi connectivity index (χ0) is 14.8. The molecule has 0 saturated heterocycles. The summed E-state index contributed by atoms with van der Waals surface area (Å²) in [4.78, 5) is 4.94. The van der Waals surface area contributed by atoms with Crippen molar-refractivity contribution in [2.24, 2.45) is 0 Å². The number of nitrogens with zero attached hydrogens (tertiary/aromatic N) is 1. The SMILES string of the molecule is c1ccc(CCCC2(c3ccc4ccccc4n3)CC2)cc1. The molecule has 1 nitrogen and oxygen atoms in total. The number of hydrogen-bond donors (Lipinski definition) is 0. The molecule has 1 fully saturated rings. The molecule has 0 N–H and O–H groups in total. The lowest BCUT2D eigenvalue weighted by atomic mass is 9.93. The molecular formula is C21H21N.